The van der Waals surface area contributed by atoms with Gasteiger partial charge in [0.1, 0.15) is 29.0 Å². The Kier molecular flexibility index (Phi) is 8.29. The molecule has 2 aromatic carbocycles. The van der Waals surface area contributed by atoms with Gasteiger partial charge in [-0.05, 0) is 53.2 Å². The number of nitro groups is 2. The lowest BCUT2D eigenvalue weighted by atomic mass is 10.2. The lowest BCUT2D eigenvalue weighted by Gasteiger charge is -2.04. The molecule has 0 aliphatic heterocycles. The van der Waals surface area contributed by atoms with Crippen molar-refractivity contribution >= 4 is 44.8 Å². The largest absolute Gasteiger partial charge is 0.508 e. The Labute approximate surface area is 224 Å². The zero-order valence-corrected chi connectivity index (χ0v) is 20.6. The normalized spacial score (nSPS) is 10.2. The van der Waals surface area contributed by atoms with Gasteiger partial charge in [0, 0.05) is 53.8 Å². The van der Waals surface area contributed by atoms with Gasteiger partial charge in [-0.15, -0.1) is 0 Å². The van der Waals surface area contributed by atoms with E-state index in [0.29, 0.717) is 17.4 Å². The van der Waals surface area contributed by atoms with Crippen LogP contribution < -0.4 is 4.74 Å². The molecule has 0 saturated carbocycles. The number of hydrogen-bond acceptors (Lipinski definition) is 8. The van der Waals surface area contributed by atoms with Gasteiger partial charge in [-0.3, -0.25) is 20.2 Å². The molecule has 3 N–H and O–H groups in total. The van der Waals surface area contributed by atoms with E-state index >= 15 is 0 Å². The molecule has 0 spiro atoms. The molecule has 0 fully saturated rings. The van der Waals surface area contributed by atoms with E-state index in [4.69, 9.17) is 21.4 Å². The fraction of sp³-hybridized carbons (Fsp3) is 0. The molecular formula is C26H19ClN6O6. The van der Waals surface area contributed by atoms with E-state index in [-0.39, 0.29) is 16.5 Å². The summed E-state index contributed by atoms with van der Waals surface area (Å²) in [7, 11) is 0. The van der Waals surface area contributed by atoms with Crippen LogP contribution in [0.25, 0.3) is 21.8 Å². The van der Waals surface area contributed by atoms with Crippen molar-refractivity contribution in [3.8, 4) is 17.4 Å². The summed E-state index contributed by atoms with van der Waals surface area (Å²) in [4.78, 5) is 33.0. The second kappa shape index (κ2) is 12.2. The number of phenolic OH excluding ortho intramolecular Hbond substituents is 1. The highest BCUT2D eigenvalue weighted by Gasteiger charge is 2.07. The van der Waals surface area contributed by atoms with Gasteiger partial charge < -0.3 is 19.8 Å². The first-order chi connectivity index (χ1) is 18.8. The Balaban J connectivity index is 0.000000149. The van der Waals surface area contributed by atoms with Crippen molar-refractivity contribution in [2.75, 3.05) is 0 Å². The molecule has 196 valence electrons. The minimum atomic E-state index is -0.524. The SMILES string of the molecule is O=[N+]([O-])c1ccc(Cl)nc1.O=[N+]([O-])c1ccc(Oc2ccc3cc[nH]c3c2)nc1.Oc1ccc2cc[nH]c2c1. The van der Waals surface area contributed by atoms with E-state index in [9.17, 15) is 20.2 Å². The molecule has 39 heavy (non-hydrogen) atoms. The van der Waals surface area contributed by atoms with E-state index in [1.807, 2.05) is 48.8 Å². The summed E-state index contributed by atoms with van der Waals surface area (Å²) >= 11 is 5.38. The maximum absolute atomic E-state index is 10.5. The number of H-pyrrole nitrogens is 2. The molecule has 13 heteroatoms. The molecule has 0 unspecified atom stereocenters. The second-order valence-electron chi connectivity index (χ2n) is 7.79. The molecule has 0 radical (unpaired) electrons. The Bertz CT molecular complexity index is 1720. The van der Waals surface area contributed by atoms with Gasteiger partial charge in [0.2, 0.25) is 5.88 Å². The summed E-state index contributed by atoms with van der Waals surface area (Å²) in [5.41, 5.74) is 1.82. The van der Waals surface area contributed by atoms with E-state index < -0.39 is 9.85 Å². The molecule has 4 heterocycles. The standard InChI is InChI=1S/C13H9N3O3.C8H7NO.C5H3ClN2O2/c17-16(18)10-2-4-13(15-8-10)19-11-3-1-9-5-6-14-12(9)7-11;10-7-2-1-6-3-4-9-8(6)5-7;6-5-2-1-4(3-7-5)8(9)10/h1-8,14H;1-5,9-10H;1-3H. The van der Waals surface area contributed by atoms with Gasteiger partial charge >= 0.3 is 0 Å². The maximum Gasteiger partial charge on any atom is 0.287 e. The Morgan fingerprint density at radius 3 is 1.90 bits per heavy atom. The van der Waals surface area contributed by atoms with Gasteiger partial charge in [-0.1, -0.05) is 11.6 Å². The third-order valence-electron chi connectivity index (χ3n) is 5.14. The van der Waals surface area contributed by atoms with Crippen LogP contribution in [0.1, 0.15) is 0 Å². The van der Waals surface area contributed by atoms with Gasteiger partial charge in [0.15, 0.2) is 0 Å². The van der Waals surface area contributed by atoms with Gasteiger partial charge in [-0.2, -0.15) is 0 Å². The number of fused-ring (bicyclic) bond motifs is 2. The minimum absolute atomic E-state index is 0.0515. The fourth-order valence-corrected chi connectivity index (χ4v) is 3.38. The van der Waals surface area contributed by atoms with Crippen LogP contribution in [0.3, 0.4) is 0 Å². The van der Waals surface area contributed by atoms with Crippen LogP contribution in [0.2, 0.25) is 5.15 Å². The molecule has 0 atom stereocenters. The monoisotopic (exact) mass is 546 g/mol. The molecule has 4 aromatic heterocycles. The summed E-state index contributed by atoms with van der Waals surface area (Å²) < 4.78 is 5.54. The number of aromatic hydroxyl groups is 1. The second-order valence-corrected chi connectivity index (χ2v) is 8.17. The number of nitrogens with zero attached hydrogens (tertiary/aromatic N) is 4. The first-order valence-electron chi connectivity index (χ1n) is 11.2. The molecule has 0 amide bonds. The number of aromatic amines is 2. The van der Waals surface area contributed by atoms with Crippen molar-refractivity contribution in [1.82, 2.24) is 19.9 Å². The topological polar surface area (TPSA) is 173 Å². The molecule has 6 aromatic rings. The van der Waals surface area contributed by atoms with Crippen molar-refractivity contribution in [3.63, 3.8) is 0 Å². The number of phenols is 1. The summed E-state index contributed by atoms with van der Waals surface area (Å²) in [6.07, 6.45) is 5.98. The highest BCUT2D eigenvalue weighted by molar-refractivity contribution is 6.29. The van der Waals surface area contributed by atoms with Crippen molar-refractivity contribution in [3.05, 3.63) is 123 Å². The van der Waals surface area contributed by atoms with Gasteiger partial charge in [-0.25, -0.2) is 9.97 Å². The number of pyridine rings is 2. The van der Waals surface area contributed by atoms with Crippen LogP contribution in [0.15, 0.2) is 97.6 Å². The van der Waals surface area contributed by atoms with Crippen LogP contribution in [0.4, 0.5) is 11.4 Å². The molecule has 0 aliphatic carbocycles. The van der Waals surface area contributed by atoms with Crippen LogP contribution in [0.5, 0.6) is 17.4 Å². The first kappa shape index (κ1) is 26.6. The quantitative estimate of drug-likeness (QED) is 0.123. The van der Waals surface area contributed by atoms with Crippen LogP contribution in [-0.4, -0.2) is 34.9 Å². The predicted molar refractivity (Wildman–Crippen MR) is 145 cm³/mol. The average molecular weight is 547 g/mol. The van der Waals surface area contributed by atoms with Gasteiger partial charge in [0.05, 0.1) is 9.85 Å². The molecular weight excluding hydrogens is 528 g/mol. The van der Waals surface area contributed by atoms with Gasteiger partial charge in [0.25, 0.3) is 11.4 Å². The minimum Gasteiger partial charge on any atom is -0.508 e. The summed E-state index contributed by atoms with van der Waals surface area (Å²) in [6.45, 7) is 0. The summed E-state index contributed by atoms with van der Waals surface area (Å²) in [5, 5.41) is 32.0. The Morgan fingerprint density at radius 2 is 1.33 bits per heavy atom. The molecule has 0 saturated heterocycles. The Hall–Kier alpha value is -5.49. The molecule has 12 nitrogen and oxygen atoms in total. The lowest BCUT2D eigenvalue weighted by Crippen LogP contribution is -1.91. The summed E-state index contributed by atoms with van der Waals surface area (Å²) in [6, 6.07) is 20.3. The summed E-state index contributed by atoms with van der Waals surface area (Å²) in [5.74, 6) is 1.24. The first-order valence-corrected chi connectivity index (χ1v) is 11.5. The number of aromatic nitrogens is 4. The smallest absolute Gasteiger partial charge is 0.287 e. The molecule has 0 aliphatic rings. The van der Waals surface area contributed by atoms with Crippen molar-refractivity contribution in [2.24, 2.45) is 0 Å². The third-order valence-corrected chi connectivity index (χ3v) is 5.37. The van der Waals surface area contributed by atoms with E-state index in [0.717, 1.165) is 28.0 Å². The highest BCUT2D eigenvalue weighted by atomic mass is 35.5. The van der Waals surface area contributed by atoms with Crippen molar-refractivity contribution < 1.29 is 19.7 Å². The van der Waals surface area contributed by atoms with E-state index in [2.05, 4.69) is 19.9 Å². The number of rotatable bonds is 4. The Morgan fingerprint density at radius 1 is 0.744 bits per heavy atom. The van der Waals surface area contributed by atoms with Crippen LogP contribution in [0, 0.1) is 20.2 Å². The maximum atomic E-state index is 10.5. The fourth-order valence-electron chi connectivity index (χ4n) is 3.26. The number of halogens is 1. The van der Waals surface area contributed by atoms with Crippen LogP contribution in [-0.2, 0) is 0 Å². The zero-order valence-electron chi connectivity index (χ0n) is 19.9. The number of nitrogens with one attached hydrogen (secondary N) is 2. The van der Waals surface area contributed by atoms with E-state index in [1.54, 1.807) is 12.1 Å². The molecule has 0 bridgehead atoms. The predicted octanol–water partition coefficient (Wildman–Crippen LogP) is 6.78. The molecule has 6 rings (SSSR count). The highest BCUT2D eigenvalue weighted by Crippen LogP contribution is 2.24. The third kappa shape index (κ3) is 7.27. The number of benzene rings is 2. The van der Waals surface area contributed by atoms with Crippen molar-refractivity contribution in [1.29, 1.82) is 0 Å². The van der Waals surface area contributed by atoms with E-state index in [1.165, 1.54) is 30.5 Å². The number of ether oxygens (including phenoxy) is 1. The zero-order chi connectivity index (χ0) is 27.8. The van der Waals surface area contributed by atoms with Crippen LogP contribution >= 0.6 is 11.6 Å². The number of hydrogen-bond donors (Lipinski definition) is 3. The average Bonchev–Trinajstić information content (AvgIpc) is 3.59. The van der Waals surface area contributed by atoms with Crippen molar-refractivity contribution in [2.45, 2.75) is 0 Å². The lowest BCUT2D eigenvalue weighted by molar-refractivity contribution is -0.385.